The molecule has 2 aromatic rings. The molecular formula is C26H37N3O3S. The molecule has 0 aliphatic carbocycles. The summed E-state index contributed by atoms with van der Waals surface area (Å²) in [7, 11) is 0. The summed E-state index contributed by atoms with van der Waals surface area (Å²) in [5, 5.41) is 0. The lowest BCUT2D eigenvalue weighted by atomic mass is 10.2. The third-order valence-electron chi connectivity index (χ3n) is 5.92. The highest BCUT2D eigenvalue weighted by atomic mass is 32.1. The number of hydrogen-bond acceptors (Lipinski definition) is 5. The second-order valence-electron chi connectivity index (χ2n) is 8.62. The number of ether oxygens (including phenoxy) is 1. The number of carbonyl (C=O) groups is 2. The van der Waals surface area contributed by atoms with Crippen LogP contribution in [-0.2, 0) is 27.4 Å². The average Bonchev–Trinajstić information content (AvgIpc) is 3.25. The van der Waals surface area contributed by atoms with Crippen LogP contribution in [0.5, 0.6) is 0 Å². The van der Waals surface area contributed by atoms with Gasteiger partial charge in [0.05, 0.1) is 26.3 Å². The van der Waals surface area contributed by atoms with Gasteiger partial charge in [-0.3, -0.25) is 14.5 Å². The smallest absolute Gasteiger partial charge is 0.242 e. The van der Waals surface area contributed by atoms with Gasteiger partial charge < -0.3 is 14.5 Å². The Morgan fingerprint density at radius 2 is 1.76 bits per heavy atom. The topological polar surface area (TPSA) is 53.1 Å². The Hall–Kier alpha value is -2.22. The van der Waals surface area contributed by atoms with E-state index in [2.05, 4.69) is 30.9 Å². The van der Waals surface area contributed by atoms with E-state index >= 15 is 0 Å². The lowest BCUT2D eigenvalue weighted by Gasteiger charge is -2.31. The first-order chi connectivity index (χ1) is 16.0. The minimum absolute atomic E-state index is 0.00303. The Bertz CT molecular complexity index is 865. The number of carbonyl (C=O) groups excluding carboxylic acids is 2. The predicted molar refractivity (Wildman–Crippen MR) is 133 cm³/mol. The molecule has 1 aliphatic heterocycles. The second-order valence-corrected chi connectivity index (χ2v) is 9.99. The van der Waals surface area contributed by atoms with Crippen molar-refractivity contribution >= 4 is 23.2 Å². The molecule has 0 spiro atoms. The van der Waals surface area contributed by atoms with Crippen LogP contribution in [0.3, 0.4) is 0 Å². The molecule has 0 unspecified atom stereocenters. The molecule has 6 nitrogen and oxygen atoms in total. The van der Waals surface area contributed by atoms with E-state index in [0.717, 1.165) is 56.1 Å². The van der Waals surface area contributed by atoms with Crippen molar-refractivity contribution < 1.29 is 14.3 Å². The van der Waals surface area contributed by atoms with Crippen molar-refractivity contribution in [3.8, 4) is 0 Å². The first-order valence-electron chi connectivity index (χ1n) is 12.0. The lowest BCUT2D eigenvalue weighted by Crippen LogP contribution is -2.47. The van der Waals surface area contributed by atoms with Gasteiger partial charge in [-0.15, -0.1) is 11.3 Å². The molecule has 0 atom stereocenters. The molecule has 33 heavy (non-hydrogen) atoms. The number of hydrogen-bond donors (Lipinski definition) is 0. The highest BCUT2D eigenvalue weighted by molar-refractivity contribution is 7.11. The molecule has 0 saturated carbocycles. The van der Waals surface area contributed by atoms with Gasteiger partial charge in [0.15, 0.2) is 0 Å². The van der Waals surface area contributed by atoms with E-state index in [1.54, 1.807) is 16.2 Å². The Morgan fingerprint density at radius 3 is 2.42 bits per heavy atom. The molecule has 3 rings (SSSR count). The largest absolute Gasteiger partial charge is 0.379 e. The number of thiophene rings is 1. The Labute approximate surface area is 202 Å². The summed E-state index contributed by atoms with van der Waals surface area (Å²) in [6.07, 6.45) is 2.31. The fourth-order valence-corrected chi connectivity index (χ4v) is 4.83. The highest BCUT2D eigenvalue weighted by Gasteiger charge is 2.23. The van der Waals surface area contributed by atoms with Crippen molar-refractivity contribution in [3.05, 3.63) is 57.8 Å². The SMILES string of the molecule is CCCCC(=O)N(CCN1CCOCC1)CC(=O)N(Cc1ccccc1)Cc1ccc(C)s1. The highest BCUT2D eigenvalue weighted by Crippen LogP contribution is 2.19. The number of nitrogens with zero attached hydrogens (tertiary/aromatic N) is 3. The van der Waals surface area contributed by atoms with Crippen LogP contribution in [0.2, 0.25) is 0 Å². The van der Waals surface area contributed by atoms with Crippen molar-refractivity contribution in [1.29, 1.82) is 0 Å². The van der Waals surface area contributed by atoms with Gasteiger partial charge in [0.2, 0.25) is 11.8 Å². The first-order valence-corrected chi connectivity index (χ1v) is 12.8. The van der Waals surface area contributed by atoms with Gasteiger partial charge >= 0.3 is 0 Å². The molecule has 0 radical (unpaired) electrons. The van der Waals surface area contributed by atoms with Crippen molar-refractivity contribution in [2.45, 2.75) is 46.2 Å². The van der Waals surface area contributed by atoms with E-state index in [1.165, 1.54) is 4.88 Å². The van der Waals surface area contributed by atoms with Gasteiger partial charge in [0, 0.05) is 48.9 Å². The normalized spacial score (nSPS) is 14.2. The number of unbranched alkanes of at least 4 members (excludes halogenated alkanes) is 1. The Balaban J connectivity index is 1.69. The molecular weight excluding hydrogens is 434 g/mol. The standard InChI is InChI=1S/C26H37N3O3S/c1-3-4-10-25(30)28(14-13-27-15-17-32-18-16-27)21-26(31)29(19-23-8-6-5-7-9-23)20-24-12-11-22(2)33-24/h5-9,11-12H,3-4,10,13-21H2,1-2H3. The van der Waals surface area contributed by atoms with Gasteiger partial charge in [-0.05, 0) is 31.0 Å². The van der Waals surface area contributed by atoms with E-state index in [1.807, 2.05) is 35.2 Å². The average molecular weight is 472 g/mol. The maximum atomic E-state index is 13.5. The lowest BCUT2D eigenvalue weighted by molar-refractivity contribution is -0.141. The zero-order valence-electron chi connectivity index (χ0n) is 20.0. The number of rotatable bonds is 12. The zero-order chi connectivity index (χ0) is 23.5. The fourth-order valence-electron chi connectivity index (χ4n) is 3.92. The molecule has 1 aromatic heterocycles. The van der Waals surface area contributed by atoms with Gasteiger partial charge in [-0.1, -0.05) is 43.7 Å². The minimum Gasteiger partial charge on any atom is -0.379 e. The summed E-state index contributed by atoms with van der Waals surface area (Å²) in [5.41, 5.74) is 1.09. The molecule has 2 heterocycles. The fraction of sp³-hybridized carbons (Fsp3) is 0.538. The summed E-state index contributed by atoms with van der Waals surface area (Å²) in [4.78, 5) is 34.8. The second kappa shape index (κ2) is 13.5. The van der Waals surface area contributed by atoms with Gasteiger partial charge in [-0.2, -0.15) is 0 Å². The molecule has 1 saturated heterocycles. The van der Waals surface area contributed by atoms with E-state index in [-0.39, 0.29) is 18.4 Å². The monoisotopic (exact) mass is 471 g/mol. The molecule has 1 fully saturated rings. The van der Waals surface area contributed by atoms with Crippen molar-refractivity contribution in [1.82, 2.24) is 14.7 Å². The van der Waals surface area contributed by atoms with Gasteiger partial charge in [0.25, 0.3) is 0 Å². The number of benzene rings is 1. The maximum absolute atomic E-state index is 13.5. The van der Waals surface area contributed by atoms with Crippen molar-refractivity contribution in [2.75, 3.05) is 45.9 Å². The molecule has 7 heteroatoms. The van der Waals surface area contributed by atoms with Crippen LogP contribution in [-0.4, -0.2) is 72.5 Å². The van der Waals surface area contributed by atoms with E-state index in [4.69, 9.17) is 4.74 Å². The van der Waals surface area contributed by atoms with Crippen LogP contribution >= 0.6 is 11.3 Å². The Kier molecular flexibility index (Phi) is 10.4. The summed E-state index contributed by atoms with van der Waals surface area (Å²) in [6, 6.07) is 14.2. The van der Waals surface area contributed by atoms with Crippen LogP contribution in [0.25, 0.3) is 0 Å². The van der Waals surface area contributed by atoms with Crippen LogP contribution < -0.4 is 0 Å². The van der Waals surface area contributed by atoms with Crippen LogP contribution in [0.1, 0.15) is 41.5 Å². The zero-order valence-corrected chi connectivity index (χ0v) is 20.8. The van der Waals surface area contributed by atoms with Crippen LogP contribution in [0, 0.1) is 6.92 Å². The van der Waals surface area contributed by atoms with Gasteiger partial charge in [0.1, 0.15) is 0 Å². The van der Waals surface area contributed by atoms with Crippen molar-refractivity contribution in [3.63, 3.8) is 0 Å². The number of amides is 2. The maximum Gasteiger partial charge on any atom is 0.242 e. The van der Waals surface area contributed by atoms with E-state index in [0.29, 0.717) is 26.1 Å². The summed E-state index contributed by atoms with van der Waals surface area (Å²) in [5.74, 6) is 0.0711. The van der Waals surface area contributed by atoms with Crippen LogP contribution in [0.15, 0.2) is 42.5 Å². The predicted octanol–water partition coefficient (Wildman–Crippen LogP) is 3.94. The summed E-state index contributed by atoms with van der Waals surface area (Å²) in [6.45, 7) is 9.96. The quantitative estimate of drug-likeness (QED) is 0.471. The first kappa shape index (κ1) is 25.4. The molecule has 0 bridgehead atoms. The molecule has 0 N–H and O–H groups in total. The van der Waals surface area contributed by atoms with Gasteiger partial charge in [-0.25, -0.2) is 0 Å². The minimum atomic E-state index is -0.00303. The summed E-state index contributed by atoms with van der Waals surface area (Å²) < 4.78 is 5.44. The van der Waals surface area contributed by atoms with E-state index in [9.17, 15) is 9.59 Å². The third kappa shape index (κ3) is 8.57. The van der Waals surface area contributed by atoms with Crippen LogP contribution in [0.4, 0.5) is 0 Å². The van der Waals surface area contributed by atoms with Crippen molar-refractivity contribution in [2.24, 2.45) is 0 Å². The molecule has 2 amide bonds. The molecule has 1 aliphatic rings. The summed E-state index contributed by atoms with van der Waals surface area (Å²) >= 11 is 1.72. The molecule has 1 aromatic carbocycles. The third-order valence-corrected chi connectivity index (χ3v) is 6.91. The molecule has 180 valence electrons. The van der Waals surface area contributed by atoms with E-state index < -0.39 is 0 Å². The number of aryl methyl sites for hydroxylation is 1. The Morgan fingerprint density at radius 1 is 1.00 bits per heavy atom. The number of morpholine rings is 1.